The highest BCUT2D eigenvalue weighted by molar-refractivity contribution is 7.48. The van der Waals surface area contributed by atoms with Gasteiger partial charge in [0.1, 0.15) is 0 Å². The van der Waals surface area contributed by atoms with Crippen LogP contribution in [0, 0.1) is 11.8 Å². The lowest BCUT2D eigenvalue weighted by atomic mass is 10.2. The summed E-state index contributed by atoms with van der Waals surface area (Å²) in [5.41, 5.74) is 2.60. The molecular formula is C32H70F2N2O27P4. The van der Waals surface area contributed by atoms with Crippen molar-refractivity contribution in [2.45, 2.75) is 0 Å². The Labute approximate surface area is 387 Å². The van der Waals surface area contributed by atoms with Crippen molar-refractivity contribution in [3.63, 3.8) is 0 Å². The summed E-state index contributed by atoms with van der Waals surface area (Å²) in [6.45, 7) is 0.400. The molecule has 0 bridgehead atoms. The molecule has 5 atom stereocenters. The molecule has 404 valence electrons. The maximum atomic E-state index is 12.4. The van der Waals surface area contributed by atoms with E-state index in [4.69, 9.17) is 89.4 Å². The van der Waals surface area contributed by atoms with E-state index < -0.39 is 69.5 Å². The van der Waals surface area contributed by atoms with E-state index in [0.29, 0.717) is 33.0 Å². The average Bonchev–Trinajstić information content (AvgIpc) is 3.27. The van der Waals surface area contributed by atoms with Crippen molar-refractivity contribution in [3.8, 4) is 0 Å². The summed E-state index contributed by atoms with van der Waals surface area (Å²) in [6, 6.07) is 0. The molecule has 5 unspecified atom stereocenters. The summed E-state index contributed by atoms with van der Waals surface area (Å²) in [5.74, 6) is -1.70. The van der Waals surface area contributed by atoms with Crippen LogP contribution in [-0.2, 0) is 97.3 Å². The molecule has 0 saturated heterocycles. The first-order chi connectivity index (χ1) is 32.0. The minimum atomic E-state index is -4.82. The van der Waals surface area contributed by atoms with E-state index in [1.54, 1.807) is 0 Å². The zero-order valence-corrected chi connectivity index (χ0v) is 40.7. The summed E-state index contributed by atoms with van der Waals surface area (Å²) in [7, 11) is -18.0. The molecule has 67 heavy (non-hydrogen) atoms. The molecule has 0 aromatic rings. The highest BCUT2D eigenvalue weighted by atomic mass is 31.2. The van der Waals surface area contributed by atoms with Gasteiger partial charge < -0.3 is 76.9 Å². The molecule has 0 aliphatic rings. The summed E-state index contributed by atoms with van der Waals surface area (Å²) in [6.07, 6.45) is 0. The van der Waals surface area contributed by atoms with Crippen LogP contribution in [0.5, 0.6) is 0 Å². The Morgan fingerprint density at radius 3 is 0.776 bits per heavy atom. The van der Waals surface area contributed by atoms with Gasteiger partial charge in [-0.3, -0.25) is 31.7 Å². The van der Waals surface area contributed by atoms with Crippen LogP contribution < -0.4 is 11.1 Å². The van der Waals surface area contributed by atoms with Gasteiger partial charge >= 0.3 is 31.3 Å². The first-order valence-corrected chi connectivity index (χ1v) is 26.7. The molecule has 0 fully saturated rings. The fourth-order valence-corrected chi connectivity index (χ4v) is 6.73. The Balaban J connectivity index is 3.47. The lowest BCUT2D eigenvalue weighted by Gasteiger charge is -2.18. The standard InChI is InChI=1S/C32H70F2N2O27P4/c33-35-25-31(27-37)28-62-66(43,44)59-23-19-55-15-11-51-7-3-47-1-5-49-9-13-53-17-21-57-65(41,42)58-22-18-54-14-10-50-6-2-48-4-8-52-12-16-56-20-24-60-67(45,46)63-30-32(26-36-34)29-61-64(38,39)40/h31-32,35-37H,1-30H2,(H,41,42)(H,43,44)(H,45,46)(H2,38,39,40). The summed E-state index contributed by atoms with van der Waals surface area (Å²) < 4.78 is 157. The molecule has 0 aliphatic carbocycles. The Morgan fingerprint density at radius 1 is 0.328 bits per heavy atom. The van der Waals surface area contributed by atoms with Crippen molar-refractivity contribution in [1.82, 2.24) is 11.1 Å². The normalized spacial score (nSPS) is 15.9. The van der Waals surface area contributed by atoms with Crippen LogP contribution in [0.4, 0.5) is 8.96 Å². The molecule has 0 aliphatic heterocycles. The lowest BCUT2D eigenvalue weighted by molar-refractivity contribution is -0.0172. The third-order valence-corrected chi connectivity index (χ3v) is 10.8. The van der Waals surface area contributed by atoms with Crippen molar-refractivity contribution in [2.75, 3.05) is 198 Å². The molecule has 35 heteroatoms. The van der Waals surface area contributed by atoms with Crippen molar-refractivity contribution in [1.29, 1.82) is 0 Å². The van der Waals surface area contributed by atoms with E-state index >= 15 is 0 Å². The van der Waals surface area contributed by atoms with E-state index in [1.165, 1.54) is 11.1 Å². The predicted molar refractivity (Wildman–Crippen MR) is 224 cm³/mol. The Bertz CT molecular complexity index is 1320. The number of rotatable bonds is 54. The van der Waals surface area contributed by atoms with E-state index in [1.807, 2.05) is 0 Å². The van der Waals surface area contributed by atoms with Crippen LogP contribution in [0.2, 0.25) is 0 Å². The van der Waals surface area contributed by atoms with E-state index in [0.717, 1.165) is 0 Å². The minimum absolute atomic E-state index is 0.00143. The van der Waals surface area contributed by atoms with Gasteiger partial charge in [-0.25, -0.2) is 18.3 Å². The number of phosphoric acid groups is 4. The zero-order valence-electron chi connectivity index (χ0n) is 37.2. The van der Waals surface area contributed by atoms with Crippen molar-refractivity contribution < 1.29 is 136 Å². The van der Waals surface area contributed by atoms with Crippen LogP contribution in [0.3, 0.4) is 0 Å². The molecule has 0 amide bonds. The Morgan fingerprint density at radius 2 is 0.537 bits per heavy atom. The van der Waals surface area contributed by atoms with Gasteiger partial charge in [-0.1, -0.05) is 0 Å². The molecule has 0 radical (unpaired) electrons. The number of hydrogen-bond donors (Lipinski definition) is 8. The number of ether oxygens (including phenoxy) is 10. The maximum Gasteiger partial charge on any atom is 0.472 e. The SMILES string of the molecule is O=P(O)(O)OCC(CNF)COP(=O)(O)OCCOCCOCCOCCOCCOCCOP(=O)(O)OCCOCCOCCOCCOCCOCCOP(=O)(O)OCC(CO)CNF. The lowest BCUT2D eigenvalue weighted by Crippen LogP contribution is -2.25. The number of phosphoric ester groups is 4. The largest absolute Gasteiger partial charge is 0.472 e. The van der Waals surface area contributed by atoms with Crippen molar-refractivity contribution in [3.05, 3.63) is 0 Å². The van der Waals surface area contributed by atoms with Crippen LogP contribution in [0.15, 0.2) is 0 Å². The molecular weight excluding hydrogens is 1010 g/mol. The second kappa shape index (κ2) is 44.5. The summed E-state index contributed by atoms with van der Waals surface area (Å²) >= 11 is 0. The van der Waals surface area contributed by atoms with E-state index in [-0.39, 0.29) is 139 Å². The number of nitrogens with one attached hydrogen (secondary N) is 2. The predicted octanol–water partition coefficient (Wildman–Crippen LogP) is -0.165. The molecule has 29 nitrogen and oxygen atoms in total. The molecule has 0 aromatic carbocycles. The quantitative estimate of drug-likeness (QED) is 0.0223. The monoisotopic (exact) mass is 1080 g/mol. The van der Waals surface area contributed by atoms with Crippen LogP contribution >= 0.6 is 31.3 Å². The smallest absolute Gasteiger partial charge is 0.396 e. The second-order valence-electron chi connectivity index (χ2n) is 12.8. The number of halogens is 2. The molecule has 0 saturated carbocycles. The fourth-order valence-electron chi connectivity index (χ4n) is 4.08. The second-order valence-corrected chi connectivity index (χ2v) is 18.4. The van der Waals surface area contributed by atoms with Crippen molar-refractivity contribution in [2.24, 2.45) is 11.8 Å². The molecule has 0 spiro atoms. The Hall–Kier alpha value is -0.220. The van der Waals surface area contributed by atoms with Gasteiger partial charge in [-0.05, 0) is 0 Å². The van der Waals surface area contributed by atoms with E-state index in [2.05, 4.69) is 4.52 Å². The van der Waals surface area contributed by atoms with Gasteiger partial charge in [0.05, 0.1) is 178 Å². The first-order valence-electron chi connectivity index (χ1n) is 20.7. The van der Waals surface area contributed by atoms with Gasteiger partial charge in [-0.2, -0.15) is 11.1 Å². The van der Waals surface area contributed by atoms with Crippen LogP contribution in [0.1, 0.15) is 0 Å². The minimum Gasteiger partial charge on any atom is -0.396 e. The first kappa shape index (κ1) is 66.8. The highest BCUT2D eigenvalue weighted by Gasteiger charge is 2.26. The van der Waals surface area contributed by atoms with Gasteiger partial charge in [-0.15, -0.1) is 8.96 Å². The maximum absolute atomic E-state index is 12.4. The van der Waals surface area contributed by atoms with Crippen LogP contribution in [0.25, 0.3) is 0 Å². The van der Waals surface area contributed by atoms with Gasteiger partial charge in [0.25, 0.3) is 0 Å². The number of aliphatic hydroxyl groups is 1. The third-order valence-electron chi connectivity index (χ3n) is 7.32. The third kappa shape index (κ3) is 49.2. The zero-order chi connectivity index (χ0) is 49.8. The fraction of sp³-hybridized carbons (Fsp3) is 1.00. The van der Waals surface area contributed by atoms with E-state index in [9.17, 15) is 41.9 Å². The van der Waals surface area contributed by atoms with Gasteiger partial charge in [0, 0.05) is 31.5 Å². The average molecular weight is 1080 g/mol. The van der Waals surface area contributed by atoms with Gasteiger partial charge in [0.2, 0.25) is 0 Å². The van der Waals surface area contributed by atoms with Crippen molar-refractivity contribution >= 4 is 31.3 Å². The highest BCUT2D eigenvalue weighted by Crippen LogP contribution is 2.45. The molecule has 0 heterocycles. The Kier molecular flexibility index (Phi) is 44.3. The molecule has 0 rings (SSSR count). The van der Waals surface area contributed by atoms with Crippen LogP contribution in [-0.4, -0.2) is 228 Å². The number of hydrogen-bond acceptors (Lipinski definition) is 24. The summed E-state index contributed by atoms with van der Waals surface area (Å²) in [5, 5.41) is 9.01. The molecule has 8 N–H and O–H groups in total. The number of aliphatic hydroxyl groups excluding tert-OH is 1. The van der Waals surface area contributed by atoms with Gasteiger partial charge in [0.15, 0.2) is 0 Å². The molecule has 0 aromatic heterocycles. The summed E-state index contributed by atoms with van der Waals surface area (Å²) in [4.78, 5) is 46.4. The topological polar surface area (TPSA) is 371 Å².